The van der Waals surface area contributed by atoms with E-state index >= 15 is 0 Å². The SMILES string of the molecule is COC(=O)Cc1cc(C(C)=O)c2cc(OS(=O)(=O)C(F)(F)F)ccn12. The molecule has 2 aromatic rings. The third-order valence-electron chi connectivity index (χ3n) is 3.24. The Morgan fingerprint density at radius 2 is 1.88 bits per heavy atom. The molecule has 0 bridgehead atoms. The van der Waals surface area contributed by atoms with Crippen LogP contribution in [0.2, 0.25) is 0 Å². The third kappa shape index (κ3) is 3.76. The van der Waals surface area contributed by atoms with Crippen molar-refractivity contribution in [2.45, 2.75) is 18.9 Å². The minimum Gasteiger partial charge on any atom is -0.469 e. The number of pyridine rings is 1. The van der Waals surface area contributed by atoms with Crippen LogP contribution in [-0.4, -0.2) is 37.2 Å². The topological polar surface area (TPSA) is 91.2 Å². The average Bonchev–Trinajstić information content (AvgIpc) is 2.83. The molecule has 0 aliphatic rings. The van der Waals surface area contributed by atoms with Gasteiger partial charge in [0.2, 0.25) is 0 Å². The Labute approximate surface area is 140 Å². The molecule has 11 heteroatoms. The second kappa shape index (κ2) is 6.39. The summed E-state index contributed by atoms with van der Waals surface area (Å²) in [4.78, 5) is 23.1. The van der Waals surface area contributed by atoms with Crippen LogP contribution in [0.15, 0.2) is 24.4 Å². The molecule has 0 amide bonds. The van der Waals surface area contributed by atoms with E-state index in [0.717, 1.165) is 12.1 Å². The van der Waals surface area contributed by atoms with Gasteiger partial charge in [0.05, 0.1) is 19.0 Å². The molecule has 0 N–H and O–H groups in total. The molecule has 25 heavy (non-hydrogen) atoms. The second-order valence-electron chi connectivity index (χ2n) is 4.96. The van der Waals surface area contributed by atoms with Crippen LogP contribution in [-0.2, 0) is 26.1 Å². The number of methoxy groups -OCH3 is 1. The number of ether oxygens (including phenoxy) is 1. The number of alkyl halides is 3. The highest BCUT2D eigenvalue weighted by Crippen LogP contribution is 2.29. The van der Waals surface area contributed by atoms with Crippen LogP contribution >= 0.6 is 0 Å². The molecular formula is C14H12F3NO6S. The van der Waals surface area contributed by atoms with Gasteiger partial charge in [-0.15, -0.1) is 0 Å². The lowest BCUT2D eigenvalue weighted by molar-refractivity contribution is -0.139. The number of carbonyl (C=O) groups excluding carboxylic acids is 2. The van der Waals surface area contributed by atoms with Crippen LogP contribution in [0.1, 0.15) is 23.0 Å². The Morgan fingerprint density at radius 3 is 2.40 bits per heavy atom. The molecule has 2 heterocycles. The largest absolute Gasteiger partial charge is 0.534 e. The van der Waals surface area contributed by atoms with Gasteiger partial charge in [-0.25, -0.2) is 0 Å². The van der Waals surface area contributed by atoms with Crippen molar-refractivity contribution >= 4 is 27.4 Å². The van der Waals surface area contributed by atoms with Crippen LogP contribution in [0.4, 0.5) is 13.2 Å². The Hall–Kier alpha value is -2.56. The highest BCUT2D eigenvalue weighted by molar-refractivity contribution is 7.88. The normalized spacial score (nSPS) is 12.2. The van der Waals surface area contributed by atoms with Crippen LogP contribution in [0.3, 0.4) is 0 Å². The van der Waals surface area contributed by atoms with Crippen molar-refractivity contribution in [1.29, 1.82) is 0 Å². The maximum absolute atomic E-state index is 12.4. The van der Waals surface area contributed by atoms with Gasteiger partial charge in [-0.1, -0.05) is 0 Å². The van der Waals surface area contributed by atoms with Crippen molar-refractivity contribution in [2.24, 2.45) is 0 Å². The first-order chi connectivity index (χ1) is 11.5. The average molecular weight is 379 g/mol. The van der Waals surface area contributed by atoms with Gasteiger partial charge in [-0.05, 0) is 19.1 Å². The third-order valence-corrected chi connectivity index (χ3v) is 4.22. The molecule has 0 spiro atoms. The van der Waals surface area contributed by atoms with E-state index in [9.17, 15) is 31.2 Å². The number of fused-ring (bicyclic) bond motifs is 1. The predicted molar refractivity (Wildman–Crippen MR) is 78.7 cm³/mol. The second-order valence-corrected chi connectivity index (χ2v) is 6.50. The summed E-state index contributed by atoms with van der Waals surface area (Å²) >= 11 is 0. The maximum Gasteiger partial charge on any atom is 0.534 e. The number of halogens is 3. The fourth-order valence-corrected chi connectivity index (χ4v) is 2.56. The van der Waals surface area contributed by atoms with Gasteiger partial charge >= 0.3 is 21.6 Å². The smallest absolute Gasteiger partial charge is 0.469 e. The number of Topliss-reactive ketones (excluding diaryl/α,β-unsaturated/α-hetero) is 1. The van der Waals surface area contributed by atoms with Crippen LogP contribution in [0.5, 0.6) is 5.75 Å². The van der Waals surface area contributed by atoms with E-state index in [-0.39, 0.29) is 17.5 Å². The summed E-state index contributed by atoms with van der Waals surface area (Å²) in [5.74, 6) is -1.63. The Bertz CT molecular complexity index is 945. The minimum absolute atomic E-state index is 0.0914. The van der Waals surface area contributed by atoms with E-state index < -0.39 is 33.1 Å². The van der Waals surface area contributed by atoms with E-state index in [1.165, 1.54) is 30.7 Å². The van der Waals surface area contributed by atoms with Crippen molar-refractivity contribution in [3.8, 4) is 5.75 Å². The van der Waals surface area contributed by atoms with Gasteiger partial charge in [0.15, 0.2) is 5.78 Å². The van der Waals surface area contributed by atoms with Crippen molar-refractivity contribution in [1.82, 2.24) is 4.40 Å². The number of hydrogen-bond donors (Lipinski definition) is 0. The van der Waals surface area contributed by atoms with Gasteiger partial charge in [-0.2, -0.15) is 21.6 Å². The van der Waals surface area contributed by atoms with Gasteiger partial charge in [0.1, 0.15) is 5.75 Å². The van der Waals surface area contributed by atoms with Gasteiger partial charge in [0, 0.05) is 23.5 Å². The van der Waals surface area contributed by atoms with Crippen molar-refractivity contribution < 1.29 is 40.1 Å². The Balaban J connectivity index is 2.54. The lowest BCUT2D eigenvalue weighted by Gasteiger charge is -2.10. The summed E-state index contributed by atoms with van der Waals surface area (Å²) in [7, 11) is -4.66. The van der Waals surface area contributed by atoms with Gasteiger partial charge in [0.25, 0.3) is 0 Å². The molecule has 0 saturated heterocycles. The first kappa shape index (κ1) is 18.8. The van der Waals surface area contributed by atoms with Gasteiger partial charge < -0.3 is 13.3 Å². The minimum atomic E-state index is -5.84. The number of esters is 1. The summed E-state index contributed by atoms with van der Waals surface area (Å²) in [5.41, 5.74) is -5.05. The molecule has 0 aliphatic heterocycles. The molecule has 0 aliphatic carbocycles. The lowest BCUT2D eigenvalue weighted by Crippen LogP contribution is -2.28. The number of carbonyl (C=O) groups is 2. The molecule has 0 atom stereocenters. The number of ketones is 1. The molecule has 136 valence electrons. The molecule has 2 rings (SSSR count). The zero-order chi connectivity index (χ0) is 19.0. The maximum atomic E-state index is 12.4. The standard InChI is InChI=1S/C14H12F3NO6S/c1-8(19)11-5-9(6-13(20)23-2)18-4-3-10(7-12(11)18)24-25(21,22)14(15,16)17/h3-5,7H,6H2,1-2H3. The Kier molecular flexibility index (Phi) is 4.80. The van der Waals surface area contributed by atoms with Crippen molar-refractivity contribution in [3.63, 3.8) is 0 Å². The van der Waals surface area contributed by atoms with E-state index in [1.54, 1.807) is 0 Å². The number of rotatable bonds is 5. The number of nitrogens with zero attached hydrogens (tertiary/aromatic N) is 1. The number of hydrogen-bond acceptors (Lipinski definition) is 6. The first-order valence-electron chi connectivity index (χ1n) is 6.69. The zero-order valence-electron chi connectivity index (χ0n) is 13.0. The fourth-order valence-electron chi connectivity index (χ4n) is 2.11. The number of aromatic nitrogens is 1. The highest BCUT2D eigenvalue weighted by atomic mass is 32.2. The van der Waals surface area contributed by atoms with Crippen molar-refractivity contribution in [3.05, 3.63) is 35.7 Å². The first-order valence-corrected chi connectivity index (χ1v) is 8.09. The molecular weight excluding hydrogens is 367 g/mol. The predicted octanol–water partition coefficient (Wildman–Crippen LogP) is 2.09. The van der Waals surface area contributed by atoms with Crippen LogP contribution in [0, 0.1) is 0 Å². The molecule has 0 fully saturated rings. The van der Waals surface area contributed by atoms with Gasteiger partial charge in [-0.3, -0.25) is 9.59 Å². The molecule has 0 saturated carbocycles. The molecule has 7 nitrogen and oxygen atoms in total. The van der Waals surface area contributed by atoms with E-state index in [2.05, 4.69) is 8.92 Å². The van der Waals surface area contributed by atoms with E-state index in [0.29, 0.717) is 5.69 Å². The summed E-state index contributed by atoms with van der Waals surface area (Å²) in [6.45, 7) is 1.22. The zero-order valence-corrected chi connectivity index (χ0v) is 13.8. The molecule has 0 radical (unpaired) electrons. The lowest BCUT2D eigenvalue weighted by atomic mass is 10.2. The fraction of sp³-hybridized carbons (Fsp3) is 0.286. The highest BCUT2D eigenvalue weighted by Gasteiger charge is 2.48. The quantitative estimate of drug-likeness (QED) is 0.342. The van der Waals surface area contributed by atoms with E-state index in [4.69, 9.17) is 0 Å². The summed E-state index contributed by atoms with van der Waals surface area (Å²) in [5, 5.41) is 0. The van der Waals surface area contributed by atoms with Crippen LogP contribution in [0.25, 0.3) is 5.52 Å². The molecule has 0 unspecified atom stereocenters. The molecule has 0 aromatic carbocycles. The monoisotopic (exact) mass is 379 g/mol. The van der Waals surface area contributed by atoms with Crippen LogP contribution < -0.4 is 4.18 Å². The summed E-state index contributed by atoms with van der Waals surface area (Å²) < 4.78 is 69.3. The van der Waals surface area contributed by atoms with E-state index in [1.807, 2.05) is 0 Å². The summed E-state index contributed by atoms with van der Waals surface area (Å²) in [6, 6.07) is 3.32. The summed E-state index contributed by atoms with van der Waals surface area (Å²) in [6.07, 6.45) is 1.01. The molecule has 2 aromatic heterocycles. The Morgan fingerprint density at radius 1 is 1.24 bits per heavy atom. The van der Waals surface area contributed by atoms with Crippen molar-refractivity contribution in [2.75, 3.05) is 7.11 Å².